The number of carbonyl (C=O) groups excluding carboxylic acids is 1. The van der Waals surface area contributed by atoms with Gasteiger partial charge in [-0.15, -0.1) is 0 Å². The predicted molar refractivity (Wildman–Crippen MR) is 68.2 cm³/mol. The maximum absolute atomic E-state index is 12.2. The van der Waals surface area contributed by atoms with Gasteiger partial charge in [0.05, 0.1) is 5.41 Å². The fourth-order valence-electron chi connectivity index (χ4n) is 2.89. The Kier molecular flexibility index (Phi) is 3.28. The summed E-state index contributed by atoms with van der Waals surface area (Å²) in [6.07, 6.45) is 0.436. The van der Waals surface area contributed by atoms with Crippen LogP contribution in [0.25, 0.3) is 0 Å². The lowest BCUT2D eigenvalue weighted by molar-refractivity contribution is -0.137. The molecule has 0 radical (unpaired) electrons. The minimum absolute atomic E-state index is 0.108. The maximum Gasteiger partial charge on any atom is 0.171 e. The Morgan fingerprint density at radius 3 is 2.71 bits per heavy atom. The minimum atomic E-state index is -0.861. The molecule has 3 atom stereocenters. The number of Topliss-reactive ketones (excluding diaryl/α,β-unsaturated/α-hetero) is 1. The molecule has 1 saturated carbocycles. The molecule has 0 heterocycles. The lowest BCUT2D eigenvalue weighted by Gasteiger charge is -2.38. The highest BCUT2D eigenvalue weighted by Gasteiger charge is 2.45. The van der Waals surface area contributed by atoms with Crippen molar-refractivity contribution in [2.75, 3.05) is 0 Å². The van der Waals surface area contributed by atoms with Gasteiger partial charge in [0.15, 0.2) is 5.78 Å². The Hall–Kier alpha value is -0.860. The van der Waals surface area contributed by atoms with Gasteiger partial charge in [-0.05, 0) is 37.3 Å². The standard InChI is InChI=1S/C14H17ClO2/c1-9-7-12(16)13(17)14(2,8-9)10-5-3-4-6-11(10)15/h3-6,9,12,16H,7-8H2,1-2H3/t9-,12-,14+/m1/s1. The van der Waals surface area contributed by atoms with E-state index in [4.69, 9.17) is 11.6 Å². The van der Waals surface area contributed by atoms with Crippen LogP contribution < -0.4 is 0 Å². The van der Waals surface area contributed by atoms with Crippen molar-refractivity contribution >= 4 is 17.4 Å². The second kappa shape index (κ2) is 4.43. The summed E-state index contributed by atoms with van der Waals surface area (Å²) in [7, 11) is 0. The zero-order valence-corrected chi connectivity index (χ0v) is 10.9. The third-order valence-corrected chi connectivity index (χ3v) is 4.03. The molecular formula is C14H17ClO2. The number of hydrogen-bond acceptors (Lipinski definition) is 2. The smallest absolute Gasteiger partial charge is 0.171 e. The van der Waals surface area contributed by atoms with Crippen LogP contribution >= 0.6 is 11.6 Å². The second-order valence-corrected chi connectivity index (χ2v) is 5.64. The van der Waals surface area contributed by atoms with Gasteiger partial charge in [0, 0.05) is 5.02 Å². The molecule has 0 spiro atoms. The highest BCUT2D eigenvalue weighted by Crippen LogP contribution is 2.41. The number of rotatable bonds is 1. The second-order valence-electron chi connectivity index (χ2n) is 5.24. The van der Waals surface area contributed by atoms with Crippen LogP contribution in [0.2, 0.25) is 5.02 Å². The molecule has 1 aliphatic carbocycles. The number of aliphatic hydroxyl groups is 1. The zero-order chi connectivity index (χ0) is 12.6. The van der Waals surface area contributed by atoms with E-state index in [0.717, 1.165) is 12.0 Å². The molecule has 1 N–H and O–H groups in total. The number of aliphatic hydroxyl groups excluding tert-OH is 1. The van der Waals surface area contributed by atoms with E-state index in [1.807, 2.05) is 25.1 Å². The van der Waals surface area contributed by atoms with E-state index < -0.39 is 11.5 Å². The molecular weight excluding hydrogens is 236 g/mol. The van der Waals surface area contributed by atoms with E-state index >= 15 is 0 Å². The molecule has 1 fully saturated rings. The van der Waals surface area contributed by atoms with Gasteiger partial charge in [-0.1, -0.05) is 36.7 Å². The van der Waals surface area contributed by atoms with Gasteiger partial charge in [-0.2, -0.15) is 0 Å². The van der Waals surface area contributed by atoms with Crippen molar-refractivity contribution in [3.8, 4) is 0 Å². The number of benzene rings is 1. The Morgan fingerprint density at radius 1 is 1.41 bits per heavy atom. The van der Waals surface area contributed by atoms with Crippen molar-refractivity contribution in [1.82, 2.24) is 0 Å². The average Bonchev–Trinajstić information content (AvgIpc) is 2.26. The van der Waals surface area contributed by atoms with Crippen LogP contribution in [-0.4, -0.2) is 17.0 Å². The van der Waals surface area contributed by atoms with Crippen LogP contribution in [0.4, 0.5) is 0 Å². The lowest BCUT2D eigenvalue weighted by atomic mass is 9.65. The summed E-state index contributed by atoms with van der Waals surface area (Å²) in [6, 6.07) is 7.40. The monoisotopic (exact) mass is 252 g/mol. The molecule has 1 aromatic carbocycles. The Balaban J connectivity index is 2.47. The molecule has 0 unspecified atom stereocenters. The van der Waals surface area contributed by atoms with Crippen LogP contribution in [0.5, 0.6) is 0 Å². The van der Waals surface area contributed by atoms with Crippen molar-refractivity contribution in [1.29, 1.82) is 0 Å². The molecule has 3 heteroatoms. The highest BCUT2D eigenvalue weighted by molar-refractivity contribution is 6.31. The van der Waals surface area contributed by atoms with Gasteiger partial charge < -0.3 is 5.11 Å². The minimum Gasteiger partial charge on any atom is -0.385 e. The summed E-state index contributed by atoms with van der Waals surface area (Å²) in [5, 5.41) is 10.4. The van der Waals surface area contributed by atoms with Crippen molar-refractivity contribution in [3.05, 3.63) is 34.9 Å². The van der Waals surface area contributed by atoms with Gasteiger partial charge in [0.25, 0.3) is 0 Å². The quantitative estimate of drug-likeness (QED) is 0.834. The van der Waals surface area contributed by atoms with E-state index in [-0.39, 0.29) is 5.78 Å². The van der Waals surface area contributed by atoms with Gasteiger partial charge >= 0.3 is 0 Å². The molecule has 0 bridgehead atoms. The topological polar surface area (TPSA) is 37.3 Å². The van der Waals surface area contributed by atoms with E-state index in [2.05, 4.69) is 6.92 Å². The molecule has 0 aromatic heterocycles. The maximum atomic E-state index is 12.2. The molecule has 1 aromatic rings. The third kappa shape index (κ3) is 2.12. The number of hydrogen-bond donors (Lipinski definition) is 1. The first-order valence-electron chi connectivity index (χ1n) is 5.92. The summed E-state index contributed by atoms with van der Waals surface area (Å²) in [4.78, 5) is 12.2. The first kappa shape index (κ1) is 12.6. The Bertz CT molecular complexity index is 444. The molecule has 2 nitrogen and oxygen atoms in total. The van der Waals surface area contributed by atoms with E-state index in [1.54, 1.807) is 6.07 Å². The van der Waals surface area contributed by atoms with Crippen LogP contribution in [-0.2, 0) is 10.2 Å². The number of ketones is 1. The van der Waals surface area contributed by atoms with Gasteiger partial charge in [-0.25, -0.2) is 0 Å². The average molecular weight is 253 g/mol. The van der Waals surface area contributed by atoms with Crippen molar-refractivity contribution in [3.63, 3.8) is 0 Å². The fourth-order valence-corrected chi connectivity index (χ4v) is 3.23. The molecule has 0 aliphatic heterocycles. The third-order valence-electron chi connectivity index (χ3n) is 3.70. The van der Waals surface area contributed by atoms with Gasteiger partial charge in [-0.3, -0.25) is 4.79 Å². The largest absolute Gasteiger partial charge is 0.385 e. The first-order chi connectivity index (χ1) is 7.95. The Labute approximate surface area is 107 Å². The number of carbonyl (C=O) groups is 1. The molecule has 2 rings (SSSR count). The van der Waals surface area contributed by atoms with E-state index in [9.17, 15) is 9.90 Å². The SMILES string of the molecule is C[C@@H]1C[C@@H](O)C(=O)[C@](C)(c2ccccc2Cl)C1. The first-order valence-corrected chi connectivity index (χ1v) is 6.30. The summed E-state index contributed by atoms with van der Waals surface area (Å²) < 4.78 is 0. The van der Waals surface area contributed by atoms with E-state index in [0.29, 0.717) is 17.4 Å². The summed E-state index contributed by atoms with van der Waals surface area (Å²) in [5.74, 6) is 0.215. The summed E-state index contributed by atoms with van der Waals surface area (Å²) in [5.41, 5.74) is 0.173. The van der Waals surface area contributed by atoms with Crippen molar-refractivity contribution in [2.45, 2.75) is 38.2 Å². The van der Waals surface area contributed by atoms with Crippen LogP contribution in [0.15, 0.2) is 24.3 Å². The lowest BCUT2D eigenvalue weighted by Crippen LogP contribution is -2.46. The van der Waals surface area contributed by atoms with Gasteiger partial charge in [0.1, 0.15) is 6.10 Å². The number of halogens is 1. The predicted octanol–water partition coefficient (Wildman–Crippen LogP) is 2.96. The fraction of sp³-hybridized carbons (Fsp3) is 0.500. The summed E-state index contributed by atoms with van der Waals surface area (Å²) >= 11 is 6.17. The van der Waals surface area contributed by atoms with Crippen LogP contribution in [0.3, 0.4) is 0 Å². The van der Waals surface area contributed by atoms with Crippen LogP contribution in [0, 0.1) is 5.92 Å². The van der Waals surface area contributed by atoms with E-state index in [1.165, 1.54) is 0 Å². The van der Waals surface area contributed by atoms with Crippen molar-refractivity contribution < 1.29 is 9.90 Å². The molecule has 1 aliphatic rings. The molecule has 92 valence electrons. The summed E-state index contributed by atoms with van der Waals surface area (Å²) in [6.45, 7) is 3.94. The molecule has 0 saturated heterocycles. The van der Waals surface area contributed by atoms with Gasteiger partial charge in [0.2, 0.25) is 0 Å². The highest BCUT2D eigenvalue weighted by atomic mass is 35.5. The molecule has 0 amide bonds. The van der Waals surface area contributed by atoms with Crippen molar-refractivity contribution in [2.24, 2.45) is 5.92 Å². The molecule has 17 heavy (non-hydrogen) atoms. The zero-order valence-electron chi connectivity index (χ0n) is 10.1. The normalized spacial score (nSPS) is 33.8. The Morgan fingerprint density at radius 2 is 2.06 bits per heavy atom. The van der Waals surface area contributed by atoms with Crippen LogP contribution in [0.1, 0.15) is 32.3 Å².